The highest BCUT2D eigenvalue weighted by Crippen LogP contribution is 2.33. The maximum atomic E-state index is 12.4. The molecule has 2 aromatic carbocycles. The second-order valence-electron chi connectivity index (χ2n) is 4.06. The van der Waals surface area contributed by atoms with Crippen molar-refractivity contribution in [1.29, 1.82) is 0 Å². The van der Waals surface area contributed by atoms with E-state index < -0.39 is 11.7 Å². The third-order valence-corrected chi connectivity index (χ3v) is 2.79. The van der Waals surface area contributed by atoms with Gasteiger partial charge < -0.3 is 4.74 Å². The SMILES string of the molecule is Cc1ccc(Oc2ccc(C(F)(F)F)cc2)c(Cl)c1. The molecule has 0 aliphatic heterocycles. The molecule has 1 nitrogen and oxygen atoms in total. The molecule has 0 saturated heterocycles. The van der Waals surface area contributed by atoms with Crippen molar-refractivity contribution in [2.75, 3.05) is 0 Å². The minimum Gasteiger partial charge on any atom is -0.456 e. The van der Waals surface area contributed by atoms with E-state index in [-0.39, 0.29) is 0 Å². The fraction of sp³-hybridized carbons (Fsp3) is 0.143. The smallest absolute Gasteiger partial charge is 0.416 e. The van der Waals surface area contributed by atoms with Crippen LogP contribution in [0.2, 0.25) is 5.02 Å². The van der Waals surface area contributed by atoms with Crippen LogP contribution in [0.1, 0.15) is 11.1 Å². The Morgan fingerprint density at radius 2 is 1.63 bits per heavy atom. The molecule has 2 rings (SSSR count). The van der Waals surface area contributed by atoms with Gasteiger partial charge in [0.2, 0.25) is 0 Å². The van der Waals surface area contributed by atoms with Crippen LogP contribution in [-0.2, 0) is 6.18 Å². The van der Waals surface area contributed by atoms with Gasteiger partial charge in [-0.3, -0.25) is 0 Å². The lowest BCUT2D eigenvalue weighted by molar-refractivity contribution is -0.137. The maximum Gasteiger partial charge on any atom is 0.416 e. The first-order chi connectivity index (χ1) is 8.86. The van der Waals surface area contributed by atoms with Gasteiger partial charge in [0.15, 0.2) is 0 Å². The molecular weight excluding hydrogens is 277 g/mol. The van der Waals surface area contributed by atoms with Crippen molar-refractivity contribution >= 4 is 11.6 Å². The first-order valence-electron chi connectivity index (χ1n) is 5.47. The Balaban J connectivity index is 2.20. The quantitative estimate of drug-likeness (QED) is 0.712. The minimum absolute atomic E-state index is 0.304. The van der Waals surface area contributed by atoms with E-state index in [9.17, 15) is 13.2 Å². The maximum absolute atomic E-state index is 12.4. The number of ether oxygens (including phenoxy) is 1. The zero-order valence-corrected chi connectivity index (χ0v) is 10.7. The van der Waals surface area contributed by atoms with Crippen LogP contribution in [0.25, 0.3) is 0 Å². The van der Waals surface area contributed by atoms with E-state index in [1.54, 1.807) is 12.1 Å². The topological polar surface area (TPSA) is 9.23 Å². The summed E-state index contributed by atoms with van der Waals surface area (Å²) in [5, 5.41) is 0.417. The fourth-order valence-electron chi connectivity index (χ4n) is 1.53. The molecule has 0 atom stereocenters. The summed E-state index contributed by atoms with van der Waals surface area (Å²) in [7, 11) is 0. The fourth-order valence-corrected chi connectivity index (χ4v) is 1.80. The van der Waals surface area contributed by atoms with Crippen molar-refractivity contribution in [1.82, 2.24) is 0 Å². The van der Waals surface area contributed by atoms with Crippen molar-refractivity contribution in [3.63, 3.8) is 0 Å². The molecule has 0 spiro atoms. The van der Waals surface area contributed by atoms with Crippen LogP contribution in [-0.4, -0.2) is 0 Å². The molecule has 0 bridgehead atoms. The second kappa shape index (κ2) is 5.13. The van der Waals surface area contributed by atoms with E-state index >= 15 is 0 Å². The predicted octanol–water partition coefficient (Wildman–Crippen LogP) is 5.46. The summed E-state index contributed by atoms with van der Waals surface area (Å²) < 4.78 is 42.6. The molecule has 5 heteroatoms. The van der Waals surface area contributed by atoms with Gasteiger partial charge in [-0.15, -0.1) is 0 Å². The van der Waals surface area contributed by atoms with Gasteiger partial charge in [-0.05, 0) is 48.9 Å². The third-order valence-electron chi connectivity index (χ3n) is 2.50. The summed E-state index contributed by atoms with van der Waals surface area (Å²) in [6, 6.07) is 9.68. The number of alkyl halides is 3. The largest absolute Gasteiger partial charge is 0.456 e. The Bertz CT molecular complexity index is 576. The standard InChI is InChI=1S/C14H10ClF3O/c1-9-2-7-13(12(15)8-9)19-11-5-3-10(4-6-11)14(16,17)18/h2-8H,1H3. The molecule has 0 saturated carbocycles. The molecule has 0 radical (unpaired) electrons. The van der Waals surface area contributed by atoms with Gasteiger partial charge in [0.25, 0.3) is 0 Å². The van der Waals surface area contributed by atoms with Crippen LogP contribution in [0.5, 0.6) is 11.5 Å². The molecule has 0 fully saturated rings. The first-order valence-corrected chi connectivity index (χ1v) is 5.85. The third kappa shape index (κ3) is 3.41. The van der Waals surface area contributed by atoms with Gasteiger partial charge in [0, 0.05) is 0 Å². The highest BCUT2D eigenvalue weighted by molar-refractivity contribution is 6.32. The van der Waals surface area contributed by atoms with E-state index in [0.29, 0.717) is 16.5 Å². The van der Waals surface area contributed by atoms with E-state index in [4.69, 9.17) is 16.3 Å². The Morgan fingerprint density at radius 3 is 2.16 bits per heavy atom. The number of hydrogen-bond acceptors (Lipinski definition) is 1. The molecule has 0 amide bonds. The van der Waals surface area contributed by atoms with Crippen molar-refractivity contribution in [3.05, 3.63) is 58.6 Å². The molecule has 0 N–H and O–H groups in total. The molecule has 100 valence electrons. The first kappa shape index (κ1) is 13.7. The minimum atomic E-state index is -4.35. The van der Waals surface area contributed by atoms with Crippen molar-refractivity contribution in [2.45, 2.75) is 13.1 Å². The van der Waals surface area contributed by atoms with E-state index in [1.807, 2.05) is 13.0 Å². The van der Waals surface area contributed by atoms with Gasteiger partial charge in [-0.25, -0.2) is 0 Å². The Hall–Kier alpha value is -1.68. The van der Waals surface area contributed by atoms with E-state index in [2.05, 4.69) is 0 Å². The average Bonchev–Trinajstić information content (AvgIpc) is 2.32. The summed E-state index contributed by atoms with van der Waals surface area (Å²) in [5.74, 6) is 0.714. The summed E-state index contributed by atoms with van der Waals surface area (Å²) in [5.41, 5.74) is 0.264. The zero-order chi connectivity index (χ0) is 14.0. The van der Waals surface area contributed by atoms with Crippen LogP contribution in [0.15, 0.2) is 42.5 Å². The molecule has 0 aromatic heterocycles. The van der Waals surface area contributed by atoms with Crippen LogP contribution in [0.4, 0.5) is 13.2 Å². The molecule has 0 aliphatic carbocycles. The Kier molecular flexibility index (Phi) is 3.71. The van der Waals surface area contributed by atoms with Crippen LogP contribution >= 0.6 is 11.6 Å². The average molecular weight is 287 g/mol. The van der Waals surface area contributed by atoms with Crippen LogP contribution in [0.3, 0.4) is 0 Å². The van der Waals surface area contributed by atoms with Gasteiger partial charge in [-0.2, -0.15) is 13.2 Å². The summed E-state index contributed by atoms with van der Waals surface area (Å²) in [6.07, 6.45) is -4.35. The monoisotopic (exact) mass is 286 g/mol. The lowest BCUT2D eigenvalue weighted by Crippen LogP contribution is -2.04. The van der Waals surface area contributed by atoms with Gasteiger partial charge in [-0.1, -0.05) is 17.7 Å². The van der Waals surface area contributed by atoms with Crippen molar-refractivity contribution in [3.8, 4) is 11.5 Å². The highest BCUT2D eigenvalue weighted by Gasteiger charge is 2.30. The van der Waals surface area contributed by atoms with Gasteiger partial charge in [0.05, 0.1) is 10.6 Å². The van der Waals surface area contributed by atoms with E-state index in [0.717, 1.165) is 17.7 Å². The van der Waals surface area contributed by atoms with Gasteiger partial charge in [0.1, 0.15) is 11.5 Å². The molecule has 0 aliphatic rings. The second-order valence-corrected chi connectivity index (χ2v) is 4.47. The highest BCUT2D eigenvalue weighted by atomic mass is 35.5. The normalized spacial score (nSPS) is 11.4. The number of benzene rings is 2. The number of aryl methyl sites for hydroxylation is 1. The predicted molar refractivity (Wildman–Crippen MR) is 67.7 cm³/mol. The number of halogens is 4. The molecular formula is C14H10ClF3O. The summed E-state index contributed by atoms with van der Waals surface area (Å²) >= 11 is 5.98. The van der Waals surface area contributed by atoms with Gasteiger partial charge >= 0.3 is 6.18 Å². The van der Waals surface area contributed by atoms with Crippen LogP contribution < -0.4 is 4.74 Å². The lowest BCUT2D eigenvalue weighted by atomic mass is 10.2. The number of rotatable bonds is 2. The molecule has 19 heavy (non-hydrogen) atoms. The zero-order valence-electron chi connectivity index (χ0n) is 9.96. The number of hydrogen-bond donors (Lipinski definition) is 0. The molecule has 0 unspecified atom stereocenters. The Morgan fingerprint density at radius 1 is 1.00 bits per heavy atom. The van der Waals surface area contributed by atoms with Crippen molar-refractivity contribution in [2.24, 2.45) is 0 Å². The lowest BCUT2D eigenvalue weighted by Gasteiger charge is -2.10. The molecule has 2 aromatic rings. The summed E-state index contributed by atoms with van der Waals surface area (Å²) in [4.78, 5) is 0. The summed E-state index contributed by atoms with van der Waals surface area (Å²) in [6.45, 7) is 1.88. The van der Waals surface area contributed by atoms with E-state index in [1.165, 1.54) is 12.1 Å². The van der Waals surface area contributed by atoms with Crippen LogP contribution in [0, 0.1) is 6.92 Å². The Labute approximate surface area is 113 Å². The molecule has 0 heterocycles. The van der Waals surface area contributed by atoms with Crippen molar-refractivity contribution < 1.29 is 17.9 Å².